The predicted octanol–water partition coefficient (Wildman–Crippen LogP) is 2.75. The van der Waals surface area contributed by atoms with E-state index in [0.29, 0.717) is 10.7 Å². The number of carbonyl (C=O) groups excluding carboxylic acids is 1. The first-order chi connectivity index (χ1) is 8.38. The largest absolute Gasteiger partial charge is 0.296 e. The number of hydrogen-bond donors (Lipinski definition) is 0. The van der Waals surface area contributed by atoms with Gasteiger partial charge >= 0.3 is 0 Å². The van der Waals surface area contributed by atoms with Crippen molar-refractivity contribution in [2.75, 3.05) is 0 Å². The van der Waals surface area contributed by atoms with Crippen LogP contribution in [-0.2, 0) is 0 Å². The minimum atomic E-state index is 0.580. The van der Waals surface area contributed by atoms with Crippen LogP contribution in [0.25, 0.3) is 4.96 Å². The van der Waals surface area contributed by atoms with Crippen molar-refractivity contribution in [2.45, 2.75) is 10.1 Å². The van der Waals surface area contributed by atoms with Crippen molar-refractivity contribution >= 4 is 34.3 Å². The summed E-state index contributed by atoms with van der Waals surface area (Å²) in [4.78, 5) is 20.5. The summed E-state index contributed by atoms with van der Waals surface area (Å²) in [5, 5.41) is 3.44. The van der Waals surface area contributed by atoms with Crippen LogP contribution in [-0.4, -0.2) is 20.7 Å². The summed E-state index contributed by atoms with van der Waals surface area (Å²) in [6, 6.07) is 5.66. The molecule has 0 aliphatic rings. The number of thiazole rings is 1. The van der Waals surface area contributed by atoms with Gasteiger partial charge in [-0.3, -0.25) is 9.20 Å². The SMILES string of the molecule is O=Cc1c(Sc2ccccn2)nc2sccn12. The average molecular weight is 261 g/mol. The van der Waals surface area contributed by atoms with Gasteiger partial charge in [0.05, 0.1) is 0 Å². The lowest BCUT2D eigenvalue weighted by atomic mass is 10.5. The summed E-state index contributed by atoms with van der Waals surface area (Å²) >= 11 is 2.91. The molecule has 0 bridgehead atoms. The minimum absolute atomic E-state index is 0.580. The normalized spacial score (nSPS) is 10.8. The lowest BCUT2D eigenvalue weighted by molar-refractivity contribution is 0.111. The smallest absolute Gasteiger partial charge is 0.195 e. The van der Waals surface area contributed by atoms with Gasteiger partial charge in [0.15, 0.2) is 11.2 Å². The zero-order chi connectivity index (χ0) is 11.7. The summed E-state index contributed by atoms with van der Waals surface area (Å²) in [6.07, 6.45) is 4.40. The molecule has 6 heteroatoms. The minimum Gasteiger partial charge on any atom is -0.296 e. The molecule has 0 unspecified atom stereocenters. The second kappa shape index (κ2) is 4.31. The summed E-state index contributed by atoms with van der Waals surface area (Å²) in [6.45, 7) is 0. The third-order valence-corrected chi connectivity index (χ3v) is 3.92. The van der Waals surface area contributed by atoms with Crippen molar-refractivity contribution in [3.63, 3.8) is 0 Å². The molecule has 0 radical (unpaired) electrons. The van der Waals surface area contributed by atoms with Gasteiger partial charge in [0.25, 0.3) is 0 Å². The van der Waals surface area contributed by atoms with Gasteiger partial charge in [-0.25, -0.2) is 9.97 Å². The van der Waals surface area contributed by atoms with E-state index < -0.39 is 0 Å². The van der Waals surface area contributed by atoms with E-state index in [4.69, 9.17) is 0 Å². The van der Waals surface area contributed by atoms with Crippen LogP contribution in [0, 0.1) is 0 Å². The van der Waals surface area contributed by atoms with Gasteiger partial charge in [-0.15, -0.1) is 11.3 Å². The van der Waals surface area contributed by atoms with E-state index in [-0.39, 0.29) is 0 Å². The molecule has 4 nitrogen and oxygen atoms in total. The monoisotopic (exact) mass is 261 g/mol. The van der Waals surface area contributed by atoms with Gasteiger partial charge < -0.3 is 0 Å². The van der Waals surface area contributed by atoms with Crippen molar-refractivity contribution in [3.05, 3.63) is 41.7 Å². The maximum atomic E-state index is 11.1. The fraction of sp³-hybridized carbons (Fsp3) is 0. The molecule has 84 valence electrons. The van der Waals surface area contributed by atoms with Crippen molar-refractivity contribution in [3.8, 4) is 0 Å². The van der Waals surface area contributed by atoms with Gasteiger partial charge in [0.1, 0.15) is 15.7 Å². The lowest BCUT2D eigenvalue weighted by Gasteiger charge is -1.96. The Kier molecular flexibility index (Phi) is 2.66. The zero-order valence-corrected chi connectivity index (χ0v) is 10.2. The number of fused-ring (bicyclic) bond motifs is 1. The molecule has 3 aromatic heterocycles. The highest BCUT2D eigenvalue weighted by atomic mass is 32.2. The van der Waals surface area contributed by atoms with Crippen molar-refractivity contribution < 1.29 is 4.79 Å². The highest BCUT2D eigenvalue weighted by Gasteiger charge is 2.13. The number of hydrogen-bond acceptors (Lipinski definition) is 5. The Morgan fingerprint density at radius 1 is 1.41 bits per heavy atom. The molecular weight excluding hydrogens is 254 g/mol. The van der Waals surface area contributed by atoms with E-state index in [2.05, 4.69) is 9.97 Å². The highest BCUT2D eigenvalue weighted by Crippen LogP contribution is 2.29. The molecule has 0 aliphatic carbocycles. The number of aromatic nitrogens is 3. The van der Waals surface area contributed by atoms with Crippen molar-refractivity contribution in [2.24, 2.45) is 0 Å². The molecular formula is C11H7N3OS2. The summed E-state index contributed by atoms with van der Waals surface area (Å²) in [7, 11) is 0. The molecule has 0 amide bonds. The predicted molar refractivity (Wildman–Crippen MR) is 66.8 cm³/mol. The van der Waals surface area contributed by atoms with Crippen LogP contribution in [0.1, 0.15) is 10.5 Å². The lowest BCUT2D eigenvalue weighted by Crippen LogP contribution is -1.88. The van der Waals surface area contributed by atoms with Crippen LogP contribution in [0.3, 0.4) is 0 Å². The van der Waals surface area contributed by atoms with Crippen LogP contribution in [0.4, 0.5) is 0 Å². The van der Waals surface area contributed by atoms with E-state index in [1.54, 1.807) is 10.6 Å². The Morgan fingerprint density at radius 2 is 2.35 bits per heavy atom. The van der Waals surface area contributed by atoms with E-state index in [9.17, 15) is 4.79 Å². The van der Waals surface area contributed by atoms with Crippen LogP contribution in [0.15, 0.2) is 46.0 Å². The number of aldehydes is 1. The molecule has 3 aromatic rings. The van der Waals surface area contributed by atoms with Crippen molar-refractivity contribution in [1.82, 2.24) is 14.4 Å². The van der Waals surface area contributed by atoms with Gasteiger partial charge in [-0.2, -0.15) is 0 Å². The average Bonchev–Trinajstić information content (AvgIpc) is 2.90. The van der Waals surface area contributed by atoms with Crippen molar-refractivity contribution in [1.29, 1.82) is 0 Å². The van der Waals surface area contributed by atoms with Gasteiger partial charge in [0, 0.05) is 17.8 Å². The summed E-state index contributed by atoms with van der Waals surface area (Å²) in [5.74, 6) is 0. The quantitative estimate of drug-likeness (QED) is 0.680. The molecule has 0 spiro atoms. The molecule has 17 heavy (non-hydrogen) atoms. The molecule has 0 fully saturated rings. The Morgan fingerprint density at radius 3 is 3.12 bits per heavy atom. The van der Waals surface area contributed by atoms with Gasteiger partial charge in [-0.1, -0.05) is 6.07 Å². The molecule has 3 rings (SSSR count). The van der Waals surface area contributed by atoms with Crippen LogP contribution in [0.5, 0.6) is 0 Å². The number of rotatable bonds is 3. The molecule has 0 atom stereocenters. The standard InChI is InChI=1S/C11H7N3OS2/c15-7-8-10(13-11-14(8)5-6-16-11)17-9-3-1-2-4-12-9/h1-7H. The Labute approximate surface area is 105 Å². The Balaban J connectivity index is 2.05. The molecule has 3 heterocycles. The second-order valence-electron chi connectivity index (χ2n) is 3.25. The van der Waals surface area contributed by atoms with Crippen LogP contribution < -0.4 is 0 Å². The zero-order valence-electron chi connectivity index (χ0n) is 8.61. The third kappa shape index (κ3) is 1.85. The van der Waals surface area contributed by atoms with E-state index in [1.807, 2.05) is 29.8 Å². The first-order valence-electron chi connectivity index (χ1n) is 4.88. The Bertz CT molecular complexity index is 660. The Hall–Kier alpha value is -1.66. The maximum absolute atomic E-state index is 11.1. The first-order valence-corrected chi connectivity index (χ1v) is 6.58. The molecule has 0 N–H and O–H groups in total. The van der Waals surface area contributed by atoms with Gasteiger partial charge in [-0.05, 0) is 23.9 Å². The maximum Gasteiger partial charge on any atom is 0.195 e. The van der Waals surface area contributed by atoms with Gasteiger partial charge in [0.2, 0.25) is 0 Å². The molecule has 0 aromatic carbocycles. The summed E-state index contributed by atoms with van der Waals surface area (Å²) < 4.78 is 1.79. The fourth-order valence-corrected chi connectivity index (χ4v) is 3.09. The third-order valence-electron chi connectivity index (χ3n) is 2.22. The van der Waals surface area contributed by atoms with Crippen LogP contribution >= 0.6 is 23.1 Å². The molecule has 0 saturated carbocycles. The highest BCUT2D eigenvalue weighted by molar-refractivity contribution is 7.99. The van der Waals surface area contributed by atoms with E-state index in [0.717, 1.165) is 16.3 Å². The number of pyridine rings is 1. The van der Waals surface area contributed by atoms with Crippen LogP contribution in [0.2, 0.25) is 0 Å². The molecule has 0 saturated heterocycles. The topological polar surface area (TPSA) is 47.3 Å². The number of carbonyl (C=O) groups is 1. The van der Waals surface area contributed by atoms with E-state index >= 15 is 0 Å². The number of imidazole rings is 1. The number of nitrogens with zero attached hydrogens (tertiary/aromatic N) is 3. The van der Waals surface area contributed by atoms with E-state index in [1.165, 1.54) is 23.1 Å². The fourth-order valence-electron chi connectivity index (χ4n) is 1.47. The second-order valence-corrected chi connectivity index (χ2v) is 5.13. The molecule has 0 aliphatic heterocycles. The first kappa shape index (κ1) is 10.5. The summed E-state index contributed by atoms with van der Waals surface area (Å²) in [5.41, 5.74) is 0.580.